The molecule has 1 aromatic heterocycles. The molecule has 3 nitrogen and oxygen atoms in total. The number of benzene rings is 1. The van der Waals surface area contributed by atoms with Gasteiger partial charge in [-0.2, -0.15) is 5.10 Å². The van der Waals surface area contributed by atoms with Crippen LogP contribution in [0.2, 0.25) is 10.0 Å². The molecule has 0 radical (unpaired) electrons. The Hall–Kier alpha value is -1.32. The van der Waals surface area contributed by atoms with Crippen molar-refractivity contribution in [3.8, 4) is 11.3 Å². The van der Waals surface area contributed by atoms with E-state index in [9.17, 15) is 4.79 Å². The number of nitrogens with one attached hydrogen (secondary N) is 1. The number of rotatable bonds is 1. The number of hydrogen-bond donors (Lipinski definition) is 1. The molecule has 0 atom stereocenters. The van der Waals surface area contributed by atoms with Crippen LogP contribution in [-0.2, 0) is 0 Å². The molecule has 0 aliphatic heterocycles. The molecule has 0 bridgehead atoms. The highest BCUT2D eigenvalue weighted by atomic mass is 35.5. The number of halogens is 2. The Morgan fingerprint density at radius 2 is 1.87 bits per heavy atom. The van der Waals surface area contributed by atoms with Crippen LogP contribution >= 0.6 is 23.2 Å². The standard InChI is InChI=1S/C10H6Cl2N2O/c11-7-4-2-1-3-6(7)9-5-8(12)10(15)14-13-9/h1-5H,(H,14,15). The highest BCUT2D eigenvalue weighted by Gasteiger charge is 2.06. The number of aromatic amines is 1. The summed E-state index contributed by atoms with van der Waals surface area (Å²) < 4.78 is 0. The highest BCUT2D eigenvalue weighted by Crippen LogP contribution is 2.25. The average Bonchev–Trinajstić information content (AvgIpc) is 2.23. The summed E-state index contributed by atoms with van der Waals surface area (Å²) in [6.07, 6.45) is 0. The van der Waals surface area contributed by atoms with Gasteiger partial charge < -0.3 is 0 Å². The summed E-state index contributed by atoms with van der Waals surface area (Å²) >= 11 is 11.7. The number of aromatic nitrogens is 2. The monoisotopic (exact) mass is 240 g/mol. The molecule has 15 heavy (non-hydrogen) atoms. The Bertz CT molecular complexity index is 551. The van der Waals surface area contributed by atoms with E-state index in [1.165, 1.54) is 6.07 Å². The normalized spacial score (nSPS) is 10.3. The van der Waals surface area contributed by atoms with Gasteiger partial charge >= 0.3 is 0 Å². The van der Waals surface area contributed by atoms with Crippen molar-refractivity contribution in [3.63, 3.8) is 0 Å². The lowest BCUT2D eigenvalue weighted by atomic mass is 10.1. The van der Waals surface area contributed by atoms with Crippen LogP contribution in [-0.4, -0.2) is 10.2 Å². The minimum atomic E-state index is -0.410. The van der Waals surface area contributed by atoms with Gasteiger partial charge in [0.05, 0.1) is 10.7 Å². The molecule has 0 fully saturated rings. The van der Waals surface area contributed by atoms with Crippen molar-refractivity contribution < 1.29 is 0 Å². The number of nitrogens with zero attached hydrogens (tertiary/aromatic N) is 1. The predicted molar refractivity (Wildman–Crippen MR) is 60.3 cm³/mol. The fourth-order valence-corrected chi connectivity index (χ4v) is 1.57. The minimum absolute atomic E-state index is 0.0971. The number of hydrogen-bond acceptors (Lipinski definition) is 2. The predicted octanol–water partition coefficient (Wildman–Crippen LogP) is 2.74. The molecule has 0 spiro atoms. The van der Waals surface area contributed by atoms with E-state index >= 15 is 0 Å². The molecular weight excluding hydrogens is 235 g/mol. The summed E-state index contributed by atoms with van der Waals surface area (Å²) in [4.78, 5) is 11.0. The van der Waals surface area contributed by atoms with Gasteiger partial charge in [0.2, 0.25) is 0 Å². The van der Waals surface area contributed by atoms with Crippen molar-refractivity contribution in [2.24, 2.45) is 0 Å². The lowest BCUT2D eigenvalue weighted by Crippen LogP contribution is -2.08. The highest BCUT2D eigenvalue weighted by molar-refractivity contribution is 6.33. The SMILES string of the molecule is O=c1[nH]nc(-c2ccccc2Cl)cc1Cl. The zero-order valence-corrected chi connectivity index (χ0v) is 9.01. The second-order valence-electron chi connectivity index (χ2n) is 2.91. The van der Waals surface area contributed by atoms with Crippen LogP contribution in [0.4, 0.5) is 0 Å². The molecule has 2 aromatic rings. The molecule has 0 saturated heterocycles. The molecule has 1 N–H and O–H groups in total. The Kier molecular flexibility index (Phi) is 2.75. The zero-order chi connectivity index (χ0) is 10.8. The van der Waals surface area contributed by atoms with E-state index in [2.05, 4.69) is 10.2 Å². The zero-order valence-electron chi connectivity index (χ0n) is 7.50. The summed E-state index contributed by atoms with van der Waals surface area (Å²) in [7, 11) is 0. The second kappa shape index (κ2) is 4.04. The quantitative estimate of drug-likeness (QED) is 0.834. The van der Waals surface area contributed by atoms with Crippen LogP contribution in [0.25, 0.3) is 11.3 Å². The third kappa shape index (κ3) is 2.03. The van der Waals surface area contributed by atoms with Gasteiger partial charge in [0.15, 0.2) is 0 Å². The first-order valence-corrected chi connectivity index (χ1v) is 4.94. The summed E-state index contributed by atoms with van der Waals surface area (Å²) in [6, 6.07) is 8.69. The maximum Gasteiger partial charge on any atom is 0.282 e. The molecule has 1 heterocycles. The second-order valence-corrected chi connectivity index (χ2v) is 3.72. The van der Waals surface area contributed by atoms with Crippen LogP contribution in [0.1, 0.15) is 0 Å². The Morgan fingerprint density at radius 3 is 2.53 bits per heavy atom. The van der Waals surface area contributed by atoms with Crippen molar-refractivity contribution in [1.29, 1.82) is 0 Å². The fourth-order valence-electron chi connectivity index (χ4n) is 1.19. The molecule has 0 unspecified atom stereocenters. The number of H-pyrrole nitrogens is 1. The van der Waals surface area contributed by atoms with Gasteiger partial charge in [0.1, 0.15) is 5.02 Å². The first-order chi connectivity index (χ1) is 7.18. The third-order valence-electron chi connectivity index (χ3n) is 1.91. The summed E-state index contributed by atoms with van der Waals surface area (Å²) in [5.41, 5.74) is 0.870. The van der Waals surface area contributed by atoms with Crippen molar-refractivity contribution in [2.45, 2.75) is 0 Å². The van der Waals surface area contributed by atoms with Gasteiger partial charge in [0.25, 0.3) is 5.56 Å². The van der Waals surface area contributed by atoms with Gasteiger partial charge in [-0.3, -0.25) is 4.79 Å². The molecule has 1 aromatic carbocycles. The van der Waals surface area contributed by atoms with Gasteiger partial charge in [-0.25, -0.2) is 5.10 Å². The molecule has 0 aliphatic rings. The van der Waals surface area contributed by atoms with E-state index in [-0.39, 0.29) is 5.02 Å². The van der Waals surface area contributed by atoms with Crippen molar-refractivity contribution in [3.05, 3.63) is 50.7 Å². The largest absolute Gasteiger partial charge is 0.282 e. The van der Waals surface area contributed by atoms with Crippen LogP contribution in [0.15, 0.2) is 35.1 Å². The minimum Gasteiger partial charge on any atom is -0.266 e. The fraction of sp³-hybridized carbons (Fsp3) is 0. The topological polar surface area (TPSA) is 45.8 Å². The van der Waals surface area contributed by atoms with Crippen LogP contribution in [0, 0.1) is 0 Å². The van der Waals surface area contributed by atoms with E-state index in [1.54, 1.807) is 12.1 Å². The Balaban J connectivity index is 2.60. The molecule has 2 rings (SSSR count). The smallest absolute Gasteiger partial charge is 0.266 e. The van der Waals surface area contributed by atoms with E-state index in [1.807, 2.05) is 12.1 Å². The lowest BCUT2D eigenvalue weighted by molar-refractivity contribution is 0.996. The third-order valence-corrected chi connectivity index (χ3v) is 2.52. The van der Waals surface area contributed by atoms with Crippen LogP contribution in [0.5, 0.6) is 0 Å². The molecule has 0 aliphatic carbocycles. The van der Waals surface area contributed by atoms with Crippen LogP contribution < -0.4 is 5.56 Å². The van der Waals surface area contributed by atoms with Gasteiger partial charge in [-0.05, 0) is 12.1 Å². The van der Waals surface area contributed by atoms with E-state index in [4.69, 9.17) is 23.2 Å². The van der Waals surface area contributed by atoms with Gasteiger partial charge in [0, 0.05) is 5.56 Å². The molecule has 0 amide bonds. The first kappa shape index (κ1) is 10.2. The molecule has 5 heteroatoms. The van der Waals surface area contributed by atoms with Crippen molar-refractivity contribution >= 4 is 23.2 Å². The van der Waals surface area contributed by atoms with E-state index < -0.39 is 5.56 Å². The lowest BCUT2D eigenvalue weighted by Gasteiger charge is -2.02. The van der Waals surface area contributed by atoms with Crippen molar-refractivity contribution in [2.75, 3.05) is 0 Å². The Morgan fingerprint density at radius 1 is 1.13 bits per heavy atom. The molecule has 76 valence electrons. The Labute approximate surface area is 95.7 Å². The van der Waals surface area contributed by atoms with Gasteiger partial charge in [-0.15, -0.1) is 0 Å². The summed E-state index contributed by atoms with van der Waals surface area (Å²) in [5.74, 6) is 0. The van der Waals surface area contributed by atoms with Gasteiger partial charge in [-0.1, -0.05) is 41.4 Å². The average molecular weight is 241 g/mol. The maximum atomic E-state index is 11.0. The summed E-state index contributed by atoms with van der Waals surface area (Å²) in [5, 5.41) is 6.82. The molecule has 0 saturated carbocycles. The summed E-state index contributed by atoms with van der Waals surface area (Å²) in [6.45, 7) is 0. The van der Waals surface area contributed by atoms with Crippen LogP contribution in [0.3, 0.4) is 0 Å². The first-order valence-electron chi connectivity index (χ1n) is 4.18. The van der Waals surface area contributed by atoms with E-state index in [0.717, 1.165) is 5.56 Å². The van der Waals surface area contributed by atoms with E-state index in [0.29, 0.717) is 10.7 Å². The van der Waals surface area contributed by atoms with Crippen molar-refractivity contribution in [1.82, 2.24) is 10.2 Å². The maximum absolute atomic E-state index is 11.0. The molecular formula is C10H6Cl2N2O.